The molecular weight excluding hydrogens is 138 g/mol. The SMILES string of the molecule is CC(C#N)Oc1cc[c]cc1. The Kier molecular flexibility index (Phi) is 2.51. The van der Waals surface area contributed by atoms with Crippen LogP contribution < -0.4 is 4.74 Å². The highest BCUT2D eigenvalue weighted by Crippen LogP contribution is 2.09. The topological polar surface area (TPSA) is 33.0 Å². The highest BCUT2D eigenvalue weighted by molar-refractivity contribution is 5.21. The van der Waals surface area contributed by atoms with Crippen LogP contribution in [0.4, 0.5) is 0 Å². The van der Waals surface area contributed by atoms with Gasteiger partial charge in [-0.05, 0) is 25.1 Å². The first-order chi connectivity index (χ1) is 5.33. The van der Waals surface area contributed by atoms with Gasteiger partial charge in [-0.25, -0.2) is 0 Å². The van der Waals surface area contributed by atoms with E-state index in [4.69, 9.17) is 10.00 Å². The van der Waals surface area contributed by atoms with E-state index in [9.17, 15) is 0 Å². The molecular formula is C9H8NO. The summed E-state index contributed by atoms with van der Waals surface area (Å²) in [6, 6.07) is 11.9. The maximum Gasteiger partial charge on any atom is 0.181 e. The molecule has 0 saturated heterocycles. The summed E-state index contributed by atoms with van der Waals surface area (Å²) < 4.78 is 5.18. The predicted molar refractivity (Wildman–Crippen MR) is 41.0 cm³/mol. The van der Waals surface area contributed by atoms with Crippen molar-refractivity contribution in [2.45, 2.75) is 13.0 Å². The zero-order valence-corrected chi connectivity index (χ0v) is 6.24. The van der Waals surface area contributed by atoms with Crippen LogP contribution in [-0.2, 0) is 0 Å². The maximum absolute atomic E-state index is 8.41. The highest BCUT2D eigenvalue weighted by atomic mass is 16.5. The Morgan fingerprint density at radius 3 is 2.73 bits per heavy atom. The second-order valence-electron chi connectivity index (χ2n) is 2.12. The van der Waals surface area contributed by atoms with Gasteiger partial charge in [-0.2, -0.15) is 5.26 Å². The van der Waals surface area contributed by atoms with Crippen molar-refractivity contribution in [3.8, 4) is 11.8 Å². The molecule has 55 valence electrons. The van der Waals surface area contributed by atoms with E-state index in [1.54, 1.807) is 31.2 Å². The number of nitrogens with zero attached hydrogens (tertiary/aromatic N) is 1. The van der Waals surface area contributed by atoms with Crippen molar-refractivity contribution >= 4 is 0 Å². The van der Waals surface area contributed by atoms with E-state index in [1.165, 1.54) is 0 Å². The van der Waals surface area contributed by atoms with Crippen LogP contribution in [-0.4, -0.2) is 6.10 Å². The van der Waals surface area contributed by atoms with Crippen LogP contribution in [0.5, 0.6) is 5.75 Å². The van der Waals surface area contributed by atoms with Gasteiger partial charge in [0.25, 0.3) is 0 Å². The molecule has 1 radical (unpaired) electrons. The van der Waals surface area contributed by atoms with Crippen molar-refractivity contribution in [3.63, 3.8) is 0 Å². The van der Waals surface area contributed by atoms with E-state index < -0.39 is 6.10 Å². The first-order valence-corrected chi connectivity index (χ1v) is 3.35. The lowest BCUT2D eigenvalue weighted by Gasteiger charge is -2.05. The summed E-state index contributed by atoms with van der Waals surface area (Å²) in [5.41, 5.74) is 0. The lowest BCUT2D eigenvalue weighted by atomic mass is 10.3. The summed E-state index contributed by atoms with van der Waals surface area (Å²) >= 11 is 0. The van der Waals surface area contributed by atoms with Gasteiger partial charge in [-0.15, -0.1) is 0 Å². The minimum absolute atomic E-state index is 0.391. The quantitative estimate of drug-likeness (QED) is 0.637. The molecule has 0 N–H and O–H groups in total. The zero-order chi connectivity index (χ0) is 8.10. The molecule has 0 aliphatic carbocycles. The molecule has 1 atom stereocenters. The third-order valence-corrected chi connectivity index (χ3v) is 1.18. The molecule has 0 aliphatic heterocycles. The average molecular weight is 146 g/mol. The van der Waals surface area contributed by atoms with E-state index in [0.29, 0.717) is 5.75 Å². The Balaban J connectivity index is 2.60. The Hall–Kier alpha value is -1.49. The van der Waals surface area contributed by atoms with Crippen molar-refractivity contribution in [3.05, 3.63) is 30.3 Å². The molecule has 2 nitrogen and oxygen atoms in total. The first kappa shape index (κ1) is 7.62. The van der Waals surface area contributed by atoms with Gasteiger partial charge in [0.15, 0.2) is 6.10 Å². The van der Waals surface area contributed by atoms with Gasteiger partial charge in [0.05, 0.1) is 0 Å². The number of ether oxygens (including phenoxy) is 1. The van der Waals surface area contributed by atoms with Crippen LogP contribution in [0.25, 0.3) is 0 Å². The number of hydrogen-bond donors (Lipinski definition) is 0. The lowest BCUT2D eigenvalue weighted by Crippen LogP contribution is -2.07. The fraction of sp³-hybridized carbons (Fsp3) is 0.222. The fourth-order valence-corrected chi connectivity index (χ4v) is 0.681. The minimum atomic E-state index is -0.391. The van der Waals surface area contributed by atoms with Crippen LogP contribution in [0.3, 0.4) is 0 Å². The van der Waals surface area contributed by atoms with Crippen molar-refractivity contribution in [2.24, 2.45) is 0 Å². The molecule has 1 rings (SSSR count). The molecule has 0 amide bonds. The molecule has 1 aromatic rings. The Morgan fingerprint density at radius 2 is 2.18 bits per heavy atom. The van der Waals surface area contributed by atoms with Crippen LogP contribution in [0.2, 0.25) is 0 Å². The van der Waals surface area contributed by atoms with E-state index in [-0.39, 0.29) is 0 Å². The number of benzene rings is 1. The Labute approximate surface area is 66.0 Å². The molecule has 0 fully saturated rings. The molecule has 0 aliphatic rings. The lowest BCUT2D eigenvalue weighted by molar-refractivity contribution is 0.276. The van der Waals surface area contributed by atoms with Gasteiger partial charge >= 0.3 is 0 Å². The van der Waals surface area contributed by atoms with E-state index in [1.807, 2.05) is 6.07 Å². The normalized spacial score (nSPS) is 11.6. The van der Waals surface area contributed by atoms with Gasteiger partial charge in [0, 0.05) is 0 Å². The minimum Gasteiger partial charge on any atom is -0.476 e. The van der Waals surface area contributed by atoms with Crippen molar-refractivity contribution < 1.29 is 4.74 Å². The molecule has 0 spiro atoms. The third-order valence-electron chi connectivity index (χ3n) is 1.18. The Bertz CT molecular complexity index is 250. The monoisotopic (exact) mass is 146 g/mol. The summed E-state index contributed by atoms with van der Waals surface area (Å²) in [5.74, 6) is 0.706. The van der Waals surface area contributed by atoms with E-state index in [0.717, 1.165) is 0 Å². The molecule has 0 aromatic heterocycles. The largest absolute Gasteiger partial charge is 0.476 e. The summed E-state index contributed by atoms with van der Waals surface area (Å²) in [7, 11) is 0. The van der Waals surface area contributed by atoms with Gasteiger partial charge in [0.1, 0.15) is 11.8 Å². The maximum atomic E-state index is 8.41. The second-order valence-corrected chi connectivity index (χ2v) is 2.12. The van der Waals surface area contributed by atoms with Gasteiger partial charge < -0.3 is 4.74 Å². The molecule has 0 bridgehead atoms. The fourth-order valence-electron chi connectivity index (χ4n) is 0.681. The summed E-state index contributed by atoms with van der Waals surface area (Å²) in [6.07, 6.45) is -0.391. The highest BCUT2D eigenvalue weighted by Gasteiger charge is 1.98. The van der Waals surface area contributed by atoms with Crippen LogP contribution in [0.1, 0.15) is 6.92 Å². The van der Waals surface area contributed by atoms with Crippen LogP contribution in [0.15, 0.2) is 24.3 Å². The Morgan fingerprint density at radius 1 is 1.55 bits per heavy atom. The van der Waals surface area contributed by atoms with Crippen LogP contribution in [0, 0.1) is 17.4 Å². The summed E-state index contributed by atoms with van der Waals surface area (Å²) in [5, 5.41) is 8.41. The van der Waals surface area contributed by atoms with E-state index in [2.05, 4.69) is 6.07 Å². The van der Waals surface area contributed by atoms with Crippen molar-refractivity contribution in [2.75, 3.05) is 0 Å². The standard InChI is InChI=1S/C9H8NO/c1-8(7-10)11-9-5-3-2-4-6-9/h3-6,8H,1H3. The third kappa shape index (κ3) is 2.30. The number of nitriles is 1. The van der Waals surface area contributed by atoms with Crippen molar-refractivity contribution in [1.82, 2.24) is 0 Å². The molecule has 1 aromatic carbocycles. The van der Waals surface area contributed by atoms with Crippen LogP contribution >= 0.6 is 0 Å². The van der Waals surface area contributed by atoms with E-state index >= 15 is 0 Å². The second kappa shape index (κ2) is 3.62. The van der Waals surface area contributed by atoms with Gasteiger partial charge in [-0.1, -0.05) is 12.1 Å². The summed E-state index contributed by atoms with van der Waals surface area (Å²) in [6.45, 7) is 1.71. The number of rotatable bonds is 2. The van der Waals surface area contributed by atoms with Crippen molar-refractivity contribution in [1.29, 1.82) is 5.26 Å². The average Bonchev–Trinajstić information content (AvgIpc) is 2.06. The number of hydrogen-bond acceptors (Lipinski definition) is 2. The molecule has 11 heavy (non-hydrogen) atoms. The molecule has 0 heterocycles. The smallest absolute Gasteiger partial charge is 0.181 e. The molecule has 2 heteroatoms. The first-order valence-electron chi connectivity index (χ1n) is 3.35. The van der Waals surface area contributed by atoms with Gasteiger partial charge in [0.2, 0.25) is 0 Å². The molecule has 0 saturated carbocycles. The summed E-state index contributed by atoms with van der Waals surface area (Å²) in [4.78, 5) is 0. The van der Waals surface area contributed by atoms with Gasteiger partial charge in [-0.3, -0.25) is 0 Å². The zero-order valence-electron chi connectivity index (χ0n) is 6.24. The predicted octanol–water partition coefficient (Wildman–Crippen LogP) is 1.78. The molecule has 1 unspecified atom stereocenters.